The minimum atomic E-state index is -0.336. The Bertz CT molecular complexity index is 1030. The molecule has 5 nitrogen and oxygen atoms in total. The lowest BCUT2D eigenvalue weighted by Gasteiger charge is -2.31. The molecule has 1 N–H and O–H groups in total. The summed E-state index contributed by atoms with van der Waals surface area (Å²) in [6, 6.07) is 10.2. The van der Waals surface area contributed by atoms with Gasteiger partial charge in [-0.15, -0.1) is 0 Å². The number of fused-ring (bicyclic) bond motifs is 1. The number of aromatic nitrogens is 2. The summed E-state index contributed by atoms with van der Waals surface area (Å²) in [6.07, 6.45) is 4.22. The second kappa shape index (κ2) is 8.15. The number of halogens is 1. The monoisotopic (exact) mass is 392 g/mol. The zero-order valence-electron chi connectivity index (χ0n) is 16.8. The summed E-state index contributed by atoms with van der Waals surface area (Å²) in [5.41, 5.74) is 2.57. The normalized spacial score (nSPS) is 14.9. The van der Waals surface area contributed by atoms with E-state index >= 15 is 0 Å². The molecule has 1 fully saturated rings. The van der Waals surface area contributed by atoms with Crippen LogP contribution in [-0.2, 0) is 6.54 Å². The first kappa shape index (κ1) is 19.3. The lowest BCUT2D eigenvalue weighted by molar-refractivity contribution is 0.0950. The van der Waals surface area contributed by atoms with Crippen molar-refractivity contribution in [3.63, 3.8) is 0 Å². The maximum Gasteiger partial charge on any atom is 0.253 e. The number of piperidine rings is 1. The van der Waals surface area contributed by atoms with Crippen molar-refractivity contribution in [2.45, 2.75) is 33.2 Å². The predicted molar refractivity (Wildman–Crippen MR) is 112 cm³/mol. The molecule has 0 spiro atoms. The van der Waals surface area contributed by atoms with Crippen LogP contribution in [0.5, 0.6) is 0 Å². The van der Waals surface area contributed by atoms with Gasteiger partial charge in [0, 0.05) is 37.3 Å². The van der Waals surface area contributed by atoms with E-state index in [1.807, 2.05) is 18.3 Å². The Morgan fingerprint density at radius 2 is 2.00 bits per heavy atom. The minimum absolute atomic E-state index is 0.199. The van der Waals surface area contributed by atoms with Crippen molar-refractivity contribution in [1.82, 2.24) is 15.3 Å². The molecule has 0 unspecified atom stereocenters. The maximum absolute atomic E-state index is 13.4. The number of rotatable bonds is 4. The summed E-state index contributed by atoms with van der Waals surface area (Å²) in [4.78, 5) is 23.9. The van der Waals surface area contributed by atoms with Crippen molar-refractivity contribution >= 4 is 22.6 Å². The molecule has 29 heavy (non-hydrogen) atoms. The SMILES string of the molecule is Cc1nc2cc(F)ccc2cc1C(=O)NCc1ccc(N2CCC(C)CC2)nc1. The summed E-state index contributed by atoms with van der Waals surface area (Å²) >= 11 is 0. The first-order valence-corrected chi connectivity index (χ1v) is 10.0. The summed E-state index contributed by atoms with van der Waals surface area (Å²) in [7, 11) is 0. The molecule has 0 radical (unpaired) electrons. The molecule has 1 aliphatic heterocycles. The quantitative estimate of drug-likeness (QED) is 0.721. The van der Waals surface area contributed by atoms with Gasteiger partial charge in [-0.1, -0.05) is 13.0 Å². The van der Waals surface area contributed by atoms with Gasteiger partial charge in [-0.2, -0.15) is 0 Å². The number of benzene rings is 1. The minimum Gasteiger partial charge on any atom is -0.357 e. The van der Waals surface area contributed by atoms with Gasteiger partial charge in [-0.05, 0) is 55.5 Å². The zero-order chi connectivity index (χ0) is 20.4. The largest absolute Gasteiger partial charge is 0.357 e. The average Bonchev–Trinajstić information content (AvgIpc) is 2.72. The van der Waals surface area contributed by atoms with Crippen LogP contribution in [0.4, 0.5) is 10.2 Å². The van der Waals surface area contributed by atoms with Gasteiger partial charge in [0.05, 0.1) is 16.8 Å². The number of amides is 1. The fourth-order valence-electron chi connectivity index (χ4n) is 3.69. The maximum atomic E-state index is 13.4. The van der Waals surface area contributed by atoms with Gasteiger partial charge in [-0.25, -0.2) is 9.37 Å². The fraction of sp³-hybridized carbons (Fsp3) is 0.348. The van der Waals surface area contributed by atoms with E-state index in [4.69, 9.17) is 0 Å². The molecule has 0 bridgehead atoms. The predicted octanol–water partition coefficient (Wildman–Crippen LogP) is 4.24. The Labute approximate surface area is 170 Å². The van der Waals surface area contributed by atoms with Gasteiger partial charge >= 0.3 is 0 Å². The molecule has 6 heteroatoms. The van der Waals surface area contributed by atoms with Crippen LogP contribution < -0.4 is 10.2 Å². The zero-order valence-corrected chi connectivity index (χ0v) is 16.8. The van der Waals surface area contributed by atoms with Gasteiger partial charge in [0.1, 0.15) is 11.6 Å². The molecule has 1 amide bonds. The van der Waals surface area contributed by atoms with Crippen molar-refractivity contribution in [2.75, 3.05) is 18.0 Å². The molecule has 4 rings (SSSR count). The molecule has 2 aromatic heterocycles. The smallest absolute Gasteiger partial charge is 0.253 e. The van der Waals surface area contributed by atoms with E-state index in [9.17, 15) is 9.18 Å². The Morgan fingerprint density at radius 1 is 1.21 bits per heavy atom. The number of anilines is 1. The third-order valence-corrected chi connectivity index (χ3v) is 5.58. The molecule has 1 aliphatic rings. The van der Waals surface area contributed by atoms with Gasteiger partial charge in [0.15, 0.2) is 0 Å². The van der Waals surface area contributed by atoms with Crippen LogP contribution in [0.3, 0.4) is 0 Å². The number of nitrogens with one attached hydrogen (secondary N) is 1. The highest BCUT2D eigenvalue weighted by atomic mass is 19.1. The third-order valence-electron chi connectivity index (χ3n) is 5.58. The summed E-state index contributed by atoms with van der Waals surface area (Å²) in [6.45, 7) is 6.53. The van der Waals surface area contributed by atoms with Crippen LogP contribution in [-0.4, -0.2) is 29.0 Å². The summed E-state index contributed by atoms with van der Waals surface area (Å²) in [5, 5.41) is 3.67. The Kier molecular flexibility index (Phi) is 5.43. The highest BCUT2D eigenvalue weighted by Crippen LogP contribution is 2.21. The number of carbonyl (C=O) groups is 1. The van der Waals surface area contributed by atoms with E-state index in [-0.39, 0.29) is 11.7 Å². The van der Waals surface area contributed by atoms with Crippen molar-refractivity contribution < 1.29 is 9.18 Å². The van der Waals surface area contributed by atoms with Crippen molar-refractivity contribution in [1.29, 1.82) is 0 Å². The van der Waals surface area contributed by atoms with E-state index in [0.717, 1.165) is 35.8 Å². The van der Waals surface area contributed by atoms with Gasteiger partial charge in [-0.3, -0.25) is 9.78 Å². The highest BCUT2D eigenvalue weighted by molar-refractivity contribution is 5.98. The standard InChI is InChI=1S/C23H25FN4O/c1-15-7-9-28(10-8-15)22-6-3-17(13-25-22)14-26-23(29)20-11-18-4-5-19(24)12-21(18)27-16(20)2/h3-6,11-13,15H,7-10,14H2,1-2H3,(H,26,29). The molecule has 3 heterocycles. The second-order valence-electron chi connectivity index (χ2n) is 7.84. The summed E-state index contributed by atoms with van der Waals surface area (Å²) in [5.74, 6) is 1.24. The van der Waals surface area contributed by atoms with Gasteiger partial charge in [0.25, 0.3) is 5.91 Å². The van der Waals surface area contributed by atoms with E-state index in [2.05, 4.69) is 27.1 Å². The van der Waals surface area contributed by atoms with E-state index in [1.165, 1.54) is 25.0 Å². The lowest BCUT2D eigenvalue weighted by Crippen LogP contribution is -2.33. The first-order chi connectivity index (χ1) is 14.0. The van der Waals surface area contributed by atoms with E-state index < -0.39 is 0 Å². The number of hydrogen-bond acceptors (Lipinski definition) is 4. The van der Waals surface area contributed by atoms with Gasteiger partial charge < -0.3 is 10.2 Å². The molecule has 1 saturated heterocycles. The van der Waals surface area contributed by atoms with E-state index in [0.29, 0.717) is 23.3 Å². The molecular weight excluding hydrogens is 367 g/mol. The van der Waals surface area contributed by atoms with Crippen molar-refractivity contribution in [2.24, 2.45) is 5.92 Å². The summed E-state index contributed by atoms with van der Waals surface area (Å²) < 4.78 is 13.4. The Morgan fingerprint density at radius 3 is 2.72 bits per heavy atom. The molecule has 150 valence electrons. The van der Waals surface area contributed by atoms with Crippen molar-refractivity contribution in [3.05, 3.63) is 65.2 Å². The van der Waals surface area contributed by atoms with Crippen LogP contribution >= 0.6 is 0 Å². The fourth-order valence-corrected chi connectivity index (χ4v) is 3.69. The number of hydrogen-bond donors (Lipinski definition) is 1. The lowest BCUT2D eigenvalue weighted by atomic mass is 9.99. The highest BCUT2D eigenvalue weighted by Gasteiger charge is 2.17. The van der Waals surface area contributed by atoms with Gasteiger partial charge in [0.2, 0.25) is 0 Å². The number of carbonyl (C=O) groups excluding carboxylic acids is 1. The molecule has 0 aliphatic carbocycles. The molecule has 0 saturated carbocycles. The van der Waals surface area contributed by atoms with Crippen LogP contribution in [0.2, 0.25) is 0 Å². The molecule has 1 aromatic carbocycles. The number of aryl methyl sites for hydroxylation is 1. The second-order valence-corrected chi connectivity index (χ2v) is 7.84. The first-order valence-electron chi connectivity index (χ1n) is 10.0. The third kappa shape index (κ3) is 4.36. The van der Waals surface area contributed by atoms with Crippen molar-refractivity contribution in [3.8, 4) is 0 Å². The number of nitrogens with zero attached hydrogens (tertiary/aromatic N) is 3. The average molecular weight is 392 g/mol. The topological polar surface area (TPSA) is 58.1 Å². The Hall–Kier alpha value is -3.02. The van der Waals surface area contributed by atoms with E-state index in [1.54, 1.807) is 19.1 Å². The molecular formula is C23H25FN4O. The molecule has 3 aromatic rings. The van der Waals surface area contributed by atoms with Crippen LogP contribution in [0.25, 0.3) is 10.9 Å². The number of pyridine rings is 2. The Balaban J connectivity index is 1.41. The van der Waals surface area contributed by atoms with Crippen LogP contribution in [0.1, 0.15) is 41.4 Å². The van der Waals surface area contributed by atoms with Crippen LogP contribution in [0, 0.1) is 18.7 Å². The molecule has 0 atom stereocenters. The van der Waals surface area contributed by atoms with Crippen LogP contribution in [0.15, 0.2) is 42.6 Å².